The van der Waals surface area contributed by atoms with Gasteiger partial charge in [-0.3, -0.25) is 4.90 Å². The Balaban J connectivity index is 2.18. The van der Waals surface area contributed by atoms with E-state index in [9.17, 15) is 4.39 Å². The van der Waals surface area contributed by atoms with Crippen LogP contribution in [0.3, 0.4) is 0 Å². The number of nitrogens with two attached hydrogens (primary N) is 1. The highest BCUT2D eigenvalue weighted by molar-refractivity contribution is 5.22. The number of halogens is 1. The van der Waals surface area contributed by atoms with Gasteiger partial charge in [-0.15, -0.1) is 0 Å². The van der Waals surface area contributed by atoms with Crippen molar-refractivity contribution in [1.82, 2.24) is 4.90 Å². The second-order valence-corrected chi connectivity index (χ2v) is 6.15. The first-order valence-corrected chi connectivity index (χ1v) is 7.24. The Morgan fingerprint density at radius 2 is 2.05 bits per heavy atom. The highest BCUT2D eigenvalue weighted by Gasteiger charge is 2.32. The van der Waals surface area contributed by atoms with Gasteiger partial charge in [0.25, 0.3) is 0 Å². The molecule has 0 aliphatic carbocycles. The van der Waals surface area contributed by atoms with Crippen LogP contribution in [-0.2, 0) is 0 Å². The lowest BCUT2D eigenvalue weighted by Crippen LogP contribution is -2.38. The molecule has 3 atom stereocenters. The second kappa shape index (κ2) is 6.02. The van der Waals surface area contributed by atoms with E-state index >= 15 is 0 Å². The van der Waals surface area contributed by atoms with Gasteiger partial charge in [0.05, 0.1) is 0 Å². The first kappa shape index (κ1) is 14.5. The lowest BCUT2D eigenvalue weighted by atomic mass is 9.95. The number of benzene rings is 1. The average Bonchev–Trinajstić information content (AvgIpc) is 2.78. The van der Waals surface area contributed by atoms with Gasteiger partial charge < -0.3 is 5.73 Å². The molecular weight excluding hydrogens is 239 g/mol. The lowest BCUT2D eigenvalue weighted by molar-refractivity contribution is 0.204. The molecule has 0 saturated carbocycles. The van der Waals surface area contributed by atoms with Crippen LogP contribution in [-0.4, -0.2) is 24.0 Å². The van der Waals surface area contributed by atoms with Crippen molar-refractivity contribution in [1.29, 1.82) is 0 Å². The van der Waals surface area contributed by atoms with Crippen LogP contribution < -0.4 is 5.73 Å². The van der Waals surface area contributed by atoms with E-state index in [2.05, 4.69) is 18.7 Å². The molecule has 1 aromatic carbocycles. The van der Waals surface area contributed by atoms with Crippen LogP contribution in [0.15, 0.2) is 24.3 Å². The molecule has 3 heteroatoms. The number of nitrogens with zero attached hydrogens (tertiary/aromatic N) is 1. The van der Waals surface area contributed by atoms with Crippen LogP contribution in [0.1, 0.15) is 38.8 Å². The van der Waals surface area contributed by atoms with Gasteiger partial charge in [-0.1, -0.05) is 26.0 Å². The minimum atomic E-state index is -0.178. The maximum atomic E-state index is 13.4. The monoisotopic (exact) mass is 264 g/mol. The van der Waals surface area contributed by atoms with E-state index in [0.717, 1.165) is 24.6 Å². The lowest BCUT2D eigenvalue weighted by Gasteiger charge is -2.31. The van der Waals surface area contributed by atoms with Crippen molar-refractivity contribution in [3.63, 3.8) is 0 Å². The molecule has 0 spiro atoms. The van der Waals surface area contributed by atoms with Crippen LogP contribution in [0.25, 0.3) is 0 Å². The Morgan fingerprint density at radius 3 is 2.58 bits per heavy atom. The third kappa shape index (κ3) is 3.34. The molecule has 1 aliphatic rings. The largest absolute Gasteiger partial charge is 0.326 e. The van der Waals surface area contributed by atoms with E-state index in [1.807, 2.05) is 13.0 Å². The van der Waals surface area contributed by atoms with Gasteiger partial charge >= 0.3 is 0 Å². The smallest absolute Gasteiger partial charge is 0.123 e. The molecule has 1 saturated heterocycles. The summed E-state index contributed by atoms with van der Waals surface area (Å²) in [6.45, 7) is 8.69. The molecule has 0 aromatic heterocycles. The van der Waals surface area contributed by atoms with Gasteiger partial charge in [-0.05, 0) is 49.4 Å². The zero-order valence-corrected chi connectivity index (χ0v) is 12.1. The van der Waals surface area contributed by atoms with E-state index in [-0.39, 0.29) is 17.9 Å². The predicted octanol–water partition coefficient (Wildman–Crippen LogP) is 3.19. The van der Waals surface area contributed by atoms with Crippen molar-refractivity contribution in [3.8, 4) is 0 Å². The Morgan fingerprint density at radius 1 is 1.32 bits per heavy atom. The van der Waals surface area contributed by atoms with Crippen LogP contribution in [0.2, 0.25) is 0 Å². The SMILES string of the molecule is CC(C)C1CCN(C(c2cccc(F)c2)C(C)N)C1. The van der Waals surface area contributed by atoms with Crippen LogP contribution >= 0.6 is 0 Å². The molecule has 19 heavy (non-hydrogen) atoms. The van der Waals surface area contributed by atoms with Crippen LogP contribution in [0, 0.1) is 17.7 Å². The first-order chi connectivity index (χ1) is 8.99. The molecule has 2 N–H and O–H groups in total. The topological polar surface area (TPSA) is 29.3 Å². The molecule has 106 valence electrons. The predicted molar refractivity (Wildman–Crippen MR) is 77.3 cm³/mol. The van der Waals surface area contributed by atoms with Crippen LogP contribution in [0.5, 0.6) is 0 Å². The fourth-order valence-electron chi connectivity index (χ4n) is 3.15. The summed E-state index contributed by atoms with van der Waals surface area (Å²) in [5.74, 6) is 1.25. The van der Waals surface area contributed by atoms with E-state index in [1.165, 1.54) is 12.5 Å². The Bertz CT molecular complexity index is 417. The Kier molecular flexibility index (Phi) is 4.58. The van der Waals surface area contributed by atoms with E-state index < -0.39 is 0 Å². The average molecular weight is 264 g/mol. The molecule has 2 nitrogen and oxygen atoms in total. The van der Waals surface area contributed by atoms with Crippen molar-refractivity contribution in [3.05, 3.63) is 35.6 Å². The highest BCUT2D eigenvalue weighted by Crippen LogP contribution is 2.32. The maximum absolute atomic E-state index is 13.4. The number of hydrogen-bond acceptors (Lipinski definition) is 2. The van der Waals surface area contributed by atoms with E-state index in [4.69, 9.17) is 5.73 Å². The zero-order valence-electron chi connectivity index (χ0n) is 12.1. The van der Waals surface area contributed by atoms with Crippen molar-refractivity contribution >= 4 is 0 Å². The summed E-state index contributed by atoms with van der Waals surface area (Å²) < 4.78 is 13.4. The molecule has 1 aromatic rings. The molecule has 0 radical (unpaired) electrons. The molecule has 1 aliphatic heterocycles. The van der Waals surface area contributed by atoms with Gasteiger partial charge in [0.2, 0.25) is 0 Å². The van der Waals surface area contributed by atoms with Gasteiger partial charge in [-0.25, -0.2) is 4.39 Å². The molecule has 3 unspecified atom stereocenters. The molecule has 0 bridgehead atoms. The van der Waals surface area contributed by atoms with Crippen molar-refractivity contribution in [2.75, 3.05) is 13.1 Å². The highest BCUT2D eigenvalue weighted by atomic mass is 19.1. The standard InChI is InChI=1S/C16H25FN2/c1-11(2)14-7-8-19(10-14)16(12(3)18)13-5-4-6-15(17)9-13/h4-6,9,11-12,14,16H,7-8,10,18H2,1-3H3. The summed E-state index contributed by atoms with van der Waals surface area (Å²) in [7, 11) is 0. The molecular formula is C16H25FN2. The van der Waals surface area contributed by atoms with E-state index in [0.29, 0.717) is 5.92 Å². The maximum Gasteiger partial charge on any atom is 0.123 e. The fraction of sp³-hybridized carbons (Fsp3) is 0.625. The molecule has 2 rings (SSSR count). The summed E-state index contributed by atoms with van der Waals surface area (Å²) in [5.41, 5.74) is 7.16. The summed E-state index contributed by atoms with van der Waals surface area (Å²) >= 11 is 0. The quantitative estimate of drug-likeness (QED) is 0.905. The van der Waals surface area contributed by atoms with Crippen molar-refractivity contribution in [2.24, 2.45) is 17.6 Å². The van der Waals surface area contributed by atoms with Crippen molar-refractivity contribution in [2.45, 2.75) is 39.3 Å². The van der Waals surface area contributed by atoms with Gasteiger partial charge in [-0.2, -0.15) is 0 Å². The summed E-state index contributed by atoms with van der Waals surface area (Å²) in [4.78, 5) is 2.42. The minimum Gasteiger partial charge on any atom is -0.326 e. The Labute approximate surface area is 115 Å². The normalized spacial score (nSPS) is 23.8. The van der Waals surface area contributed by atoms with Gasteiger partial charge in [0.15, 0.2) is 0 Å². The second-order valence-electron chi connectivity index (χ2n) is 6.15. The molecule has 1 fully saturated rings. The number of likely N-dealkylation sites (tertiary alicyclic amines) is 1. The van der Waals surface area contributed by atoms with Gasteiger partial charge in [0.1, 0.15) is 5.82 Å². The third-order valence-corrected chi connectivity index (χ3v) is 4.28. The fourth-order valence-corrected chi connectivity index (χ4v) is 3.15. The number of rotatable bonds is 4. The molecule has 1 heterocycles. The zero-order chi connectivity index (χ0) is 14.0. The van der Waals surface area contributed by atoms with Crippen molar-refractivity contribution < 1.29 is 4.39 Å². The molecule has 0 amide bonds. The minimum absolute atomic E-state index is 0.00714. The summed E-state index contributed by atoms with van der Waals surface area (Å²) in [6.07, 6.45) is 1.22. The Hall–Kier alpha value is -0.930. The summed E-state index contributed by atoms with van der Waals surface area (Å²) in [5, 5.41) is 0. The first-order valence-electron chi connectivity index (χ1n) is 7.24. The van der Waals surface area contributed by atoms with Gasteiger partial charge in [0, 0.05) is 18.6 Å². The number of hydrogen-bond donors (Lipinski definition) is 1. The van der Waals surface area contributed by atoms with E-state index in [1.54, 1.807) is 12.1 Å². The summed E-state index contributed by atoms with van der Waals surface area (Å²) in [6, 6.07) is 7.00. The third-order valence-electron chi connectivity index (χ3n) is 4.28. The van der Waals surface area contributed by atoms with Crippen LogP contribution in [0.4, 0.5) is 4.39 Å².